The van der Waals surface area contributed by atoms with Crippen LogP contribution in [0.3, 0.4) is 0 Å². The van der Waals surface area contributed by atoms with Crippen LogP contribution in [0.25, 0.3) is 0 Å². The lowest BCUT2D eigenvalue weighted by molar-refractivity contribution is -0.117. The molecule has 0 radical (unpaired) electrons. The number of carbonyl (C=O) groups excluding carboxylic acids is 1. The number of aromatic nitrogens is 1. The van der Waals surface area contributed by atoms with Crippen molar-refractivity contribution in [2.24, 2.45) is 4.36 Å². The molecule has 29 heavy (non-hydrogen) atoms. The molecule has 0 saturated carbocycles. The molecule has 2 rings (SSSR count). The zero-order valence-electron chi connectivity index (χ0n) is 17.9. The fourth-order valence-electron chi connectivity index (χ4n) is 3.34. The Morgan fingerprint density at radius 1 is 1.14 bits per heavy atom. The molecule has 1 heterocycles. The molecular formula is C22H30FN3O2S. The summed E-state index contributed by atoms with van der Waals surface area (Å²) in [7, 11) is 1.61. The van der Waals surface area contributed by atoms with Gasteiger partial charge in [-0.1, -0.05) is 39.8 Å². The second-order valence-corrected chi connectivity index (χ2v) is 9.25. The third-order valence-corrected chi connectivity index (χ3v) is 5.63. The summed E-state index contributed by atoms with van der Waals surface area (Å²) in [5, 5.41) is 0.267. The molecule has 0 aliphatic carbocycles. The van der Waals surface area contributed by atoms with E-state index in [1.165, 1.54) is 6.07 Å². The maximum absolute atomic E-state index is 14.4. The van der Waals surface area contributed by atoms with Crippen molar-refractivity contribution >= 4 is 16.5 Å². The zero-order chi connectivity index (χ0) is 21.7. The van der Waals surface area contributed by atoms with Gasteiger partial charge in [0.15, 0.2) is 0 Å². The number of amides is 1. The molecular weight excluding hydrogens is 389 g/mol. The Morgan fingerprint density at radius 2 is 1.83 bits per heavy atom. The fraction of sp³-hybridized carbons (Fsp3) is 0.455. The van der Waals surface area contributed by atoms with Gasteiger partial charge in [-0.3, -0.25) is 4.79 Å². The molecule has 0 N–H and O–H groups in total. The summed E-state index contributed by atoms with van der Waals surface area (Å²) in [5.41, 5.74) is 3.08. The molecule has 7 heteroatoms. The van der Waals surface area contributed by atoms with Gasteiger partial charge in [0.05, 0.1) is 17.0 Å². The topological polar surface area (TPSA) is 62.6 Å². The predicted molar refractivity (Wildman–Crippen MR) is 115 cm³/mol. The van der Waals surface area contributed by atoms with Gasteiger partial charge < -0.3 is 4.90 Å². The minimum absolute atomic E-state index is 0.0709. The number of carbonyl (C=O) groups is 1. The Morgan fingerprint density at radius 3 is 2.34 bits per heavy atom. The number of rotatable bonds is 7. The number of hydrogen-bond acceptors (Lipinski definition) is 4. The van der Waals surface area contributed by atoms with Crippen LogP contribution in [0, 0.1) is 5.82 Å². The third-order valence-electron chi connectivity index (χ3n) is 4.57. The van der Waals surface area contributed by atoms with Crippen LogP contribution >= 0.6 is 0 Å². The molecule has 0 fully saturated rings. The first-order valence-electron chi connectivity index (χ1n) is 9.72. The van der Waals surface area contributed by atoms with Crippen molar-refractivity contribution in [1.29, 1.82) is 0 Å². The van der Waals surface area contributed by atoms with Crippen molar-refractivity contribution in [3.05, 3.63) is 58.5 Å². The maximum atomic E-state index is 14.4. The monoisotopic (exact) mass is 419 g/mol. The van der Waals surface area contributed by atoms with E-state index in [9.17, 15) is 13.4 Å². The molecule has 1 aromatic carbocycles. The molecule has 1 aromatic heterocycles. The van der Waals surface area contributed by atoms with Crippen LogP contribution in [0.15, 0.2) is 39.9 Å². The average Bonchev–Trinajstić information content (AvgIpc) is 2.61. The van der Waals surface area contributed by atoms with E-state index in [0.29, 0.717) is 11.1 Å². The first-order valence-corrected chi connectivity index (χ1v) is 10.9. The molecule has 0 spiro atoms. The summed E-state index contributed by atoms with van der Waals surface area (Å²) in [6.45, 7) is 8.51. The number of halogens is 1. The van der Waals surface area contributed by atoms with Crippen LogP contribution in [-0.2, 0) is 28.4 Å². The number of hydrogen-bond donors (Lipinski definition) is 1. The fourth-order valence-corrected chi connectivity index (χ4v) is 4.08. The Labute approximate surface area is 174 Å². The van der Waals surface area contributed by atoms with Gasteiger partial charge in [-0.15, -0.1) is 0 Å². The standard InChI is InChI=1S/C22H30FN3O2S/c1-14(2)17-8-9-19(23)22(15(3)4)18(17)11-20(27)25-29(28)21-10-7-16(12-24-21)13-26(5)6/h7-10,12,14-15,29H,11,13H2,1-6H3. The van der Waals surface area contributed by atoms with Gasteiger partial charge in [-0.25, -0.2) is 13.6 Å². The van der Waals surface area contributed by atoms with Gasteiger partial charge in [-0.2, -0.15) is 4.36 Å². The Balaban J connectivity index is 2.30. The first-order chi connectivity index (χ1) is 13.6. The minimum atomic E-state index is -2.29. The lowest BCUT2D eigenvalue weighted by Crippen LogP contribution is -2.11. The van der Waals surface area contributed by atoms with Gasteiger partial charge in [-0.05, 0) is 60.3 Å². The second-order valence-electron chi connectivity index (χ2n) is 8.04. The molecule has 0 aliphatic rings. The summed E-state index contributed by atoms with van der Waals surface area (Å²) in [5.74, 6) is -0.791. The van der Waals surface area contributed by atoms with Crippen LogP contribution in [0.4, 0.5) is 4.39 Å². The van der Waals surface area contributed by atoms with E-state index in [2.05, 4.69) is 9.35 Å². The van der Waals surface area contributed by atoms with Crippen molar-refractivity contribution in [3.63, 3.8) is 0 Å². The number of benzene rings is 1. The van der Waals surface area contributed by atoms with E-state index in [1.807, 2.05) is 52.8 Å². The Bertz CT molecular complexity index is 947. The largest absolute Gasteiger partial charge is 0.305 e. The third kappa shape index (κ3) is 6.18. The zero-order valence-corrected chi connectivity index (χ0v) is 18.8. The normalized spacial score (nSPS) is 12.9. The van der Waals surface area contributed by atoms with Gasteiger partial charge >= 0.3 is 0 Å². The van der Waals surface area contributed by atoms with Crippen molar-refractivity contribution < 1.29 is 13.4 Å². The molecule has 1 amide bonds. The quantitative estimate of drug-likeness (QED) is 0.679. The van der Waals surface area contributed by atoms with Gasteiger partial charge in [0.25, 0.3) is 5.91 Å². The van der Waals surface area contributed by atoms with Crippen LogP contribution < -0.4 is 0 Å². The summed E-state index contributed by atoms with van der Waals surface area (Å²) in [4.78, 5) is 18.7. The number of thiol groups is 1. The highest BCUT2D eigenvalue weighted by molar-refractivity contribution is 7.75. The van der Waals surface area contributed by atoms with Crippen molar-refractivity contribution in [1.82, 2.24) is 9.88 Å². The minimum Gasteiger partial charge on any atom is -0.305 e. The smallest absolute Gasteiger partial charge is 0.258 e. The highest BCUT2D eigenvalue weighted by atomic mass is 32.2. The SMILES string of the molecule is CC(C)c1ccc(F)c(C(C)C)c1CC(=O)/N=[SH](=O)/c1ccc(CN(C)C)cn1. The first kappa shape index (κ1) is 23.2. The molecule has 0 bridgehead atoms. The lowest BCUT2D eigenvalue weighted by atomic mass is 9.86. The molecule has 158 valence electrons. The van der Waals surface area contributed by atoms with Crippen LogP contribution in [0.2, 0.25) is 0 Å². The van der Waals surface area contributed by atoms with E-state index in [0.717, 1.165) is 17.7 Å². The van der Waals surface area contributed by atoms with Crippen LogP contribution in [-0.4, -0.2) is 34.1 Å². The average molecular weight is 420 g/mol. The molecule has 2 aromatic rings. The molecule has 1 unspecified atom stereocenters. The second kappa shape index (κ2) is 10.1. The summed E-state index contributed by atoms with van der Waals surface area (Å²) < 4.78 is 30.8. The van der Waals surface area contributed by atoms with Crippen molar-refractivity contribution in [2.45, 2.75) is 57.5 Å². The van der Waals surface area contributed by atoms with Crippen molar-refractivity contribution in [3.8, 4) is 0 Å². The molecule has 0 saturated heterocycles. The Hall–Kier alpha value is -2.12. The summed E-state index contributed by atoms with van der Waals surface area (Å²) in [6, 6.07) is 6.64. The van der Waals surface area contributed by atoms with Crippen LogP contribution in [0.1, 0.15) is 61.8 Å². The molecule has 5 nitrogen and oxygen atoms in total. The van der Waals surface area contributed by atoms with E-state index < -0.39 is 16.5 Å². The number of pyridine rings is 1. The molecule has 0 aliphatic heterocycles. The Kier molecular flexibility index (Phi) is 8.05. The predicted octanol–water partition coefficient (Wildman–Crippen LogP) is 4.32. The number of nitrogens with zero attached hydrogens (tertiary/aromatic N) is 3. The van der Waals surface area contributed by atoms with E-state index in [-0.39, 0.29) is 29.1 Å². The van der Waals surface area contributed by atoms with E-state index >= 15 is 0 Å². The maximum Gasteiger partial charge on any atom is 0.258 e. The van der Waals surface area contributed by atoms with Gasteiger partial charge in [0, 0.05) is 12.7 Å². The van der Waals surface area contributed by atoms with Crippen LogP contribution in [0.5, 0.6) is 0 Å². The summed E-state index contributed by atoms with van der Waals surface area (Å²) in [6.07, 6.45) is 1.57. The van der Waals surface area contributed by atoms with Gasteiger partial charge in [0.1, 0.15) is 10.8 Å². The van der Waals surface area contributed by atoms with Crippen molar-refractivity contribution in [2.75, 3.05) is 14.1 Å². The van der Waals surface area contributed by atoms with E-state index in [1.54, 1.807) is 18.3 Å². The van der Waals surface area contributed by atoms with Gasteiger partial charge in [0.2, 0.25) is 0 Å². The highest BCUT2D eigenvalue weighted by Crippen LogP contribution is 2.30. The molecule has 1 atom stereocenters. The lowest BCUT2D eigenvalue weighted by Gasteiger charge is -2.19. The summed E-state index contributed by atoms with van der Waals surface area (Å²) >= 11 is 0. The highest BCUT2D eigenvalue weighted by Gasteiger charge is 2.20. The van der Waals surface area contributed by atoms with E-state index in [4.69, 9.17) is 0 Å².